The number of esters is 1. The highest BCUT2D eigenvalue weighted by atomic mass is 16.5. The van der Waals surface area contributed by atoms with Gasteiger partial charge in [0, 0.05) is 23.5 Å². The molecular formula is C23H25N3O3. The maximum absolute atomic E-state index is 12.7. The van der Waals surface area contributed by atoms with Crippen LogP contribution in [0.3, 0.4) is 0 Å². The van der Waals surface area contributed by atoms with Gasteiger partial charge in [-0.2, -0.15) is 5.10 Å². The molecule has 0 saturated heterocycles. The van der Waals surface area contributed by atoms with Crippen molar-refractivity contribution in [3.8, 4) is 5.69 Å². The first-order valence-corrected chi connectivity index (χ1v) is 9.44. The van der Waals surface area contributed by atoms with E-state index in [1.807, 2.05) is 61.7 Å². The van der Waals surface area contributed by atoms with Crippen molar-refractivity contribution in [3.63, 3.8) is 0 Å². The molecule has 1 aromatic carbocycles. The monoisotopic (exact) mass is 391 g/mol. The van der Waals surface area contributed by atoms with Gasteiger partial charge in [0.05, 0.1) is 17.1 Å². The van der Waals surface area contributed by atoms with Gasteiger partial charge in [-0.15, -0.1) is 6.58 Å². The van der Waals surface area contributed by atoms with Gasteiger partial charge in [0.25, 0.3) is 0 Å². The summed E-state index contributed by atoms with van der Waals surface area (Å²) in [5, 5.41) is 4.45. The number of ether oxygens (including phenoxy) is 1. The number of carbonyl (C=O) groups is 2. The van der Waals surface area contributed by atoms with Crippen molar-refractivity contribution in [1.82, 2.24) is 14.3 Å². The zero-order valence-corrected chi connectivity index (χ0v) is 17.2. The Kier molecular flexibility index (Phi) is 5.82. The normalized spacial score (nSPS) is 10.8. The van der Waals surface area contributed by atoms with Gasteiger partial charge in [-0.05, 0) is 45.9 Å². The molecule has 29 heavy (non-hydrogen) atoms. The number of aromatic nitrogens is 3. The van der Waals surface area contributed by atoms with Crippen LogP contribution >= 0.6 is 0 Å². The molecule has 0 saturated carbocycles. The van der Waals surface area contributed by atoms with E-state index in [-0.39, 0.29) is 12.4 Å². The van der Waals surface area contributed by atoms with Gasteiger partial charge in [0.1, 0.15) is 5.56 Å². The maximum atomic E-state index is 12.7. The number of carbonyl (C=O) groups excluding carboxylic acids is 2. The Bertz CT molecular complexity index is 1070. The first kappa shape index (κ1) is 20.3. The molecule has 150 valence electrons. The van der Waals surface area contributed by atoms with E-state index in [1.165, 1.54) is 0 Å². The second-order valence-corrected chi connectivity index (χ2v) is 6.98. The summed E-state index contributed by atoms with van der Waals surface area (Å²) in [6.07, 6.45) is 1.78. The molecule has 0 unspecified atom stereocenters. The SMILES string of the molecule is C=CCn1c(C)cc(C(=O)COC(=O)c2c(C)nn(-c3ccccc3)c2C)c1C. The maximum Gasteiger partial charge on any atom is 0.342 e. The number of hydrogen-bond acceptors (Lipinski definition) is 4. The smallest absolute Gasteiger partial charge is 0.342 e. The van der Waals surface area contributed by atoms with Crippen LogP contribution in [0.15, 0.2) is 49.1 Å². The lowest BCUT2D eigenvalue weighted by atomic mass is 10.1. The summed E-state index contributed by atoms with van der Waals surface area (Å²) < 4.78 is 9.05. The highest BCUT2D eigenvalue weighted by Gasteiger charge is 2.23. The van der Waals surface area contributed by atoms with Crippen molar-refractivity contribution >= 4 is 11.8 Å². The molecule has 3 rings (SSSR count). The van der Waals surface area contributed by atoms with Crippen molar-refractivity contribution in [1.29, 1.82) is 0 Å². The summed E-state index contributed by atoms with van der Waals surface area (Å²) in [4.78, 5) is 25.3. The Labute approximate surface area is 170 Å². The lowest BCUT2D eigenvalue weighted by Crippen LogP contribution is -2.16. The van der Waals surface area contributed by atoms with Gasteiger partial charge in [-0.3, -0.25) is 4.79 Å². The fourth-order valence-electron chi connectivity index (χ4n) is 3.53. The van der Waals surface area contributed by atoms with E-state index in [0.717, 1.165) is 17.1 Å². The third-order valence-electron chi connectivity index (χ3n) is 5.02. The minimum Gasteiger partial charge on any atom is -0.454 e. The number of benzene rings is 1. The average molecular weight is 391 g/mol. The number of para-hydroxylation sites is 1. The van der Waals surface area contributed by atoms with Crippen molar-refractivity contribution in [2.24, 2.45) is 0 Å². The first-order valence-electron chi connectivity index (χ1n) is 9.44. The molecule has 6 heteroatoms. The van der Waals surface area contributed by atoms with Crippen LogP contribution in [0.5, 0.6) is 0 Å². The minimum atomic E-state index is -0.546. The Balaban J connectivity index is 1.77. The molecule has 0 aliphatic carbocycles. The molecule has 3 aromatic rings. The molecule has 0 fully saturated rings. The number of ketones is 1. The summed E-state index contributed by atoms with van der Waals surface area (Å²) in [5.74, 6) is -0.775. The molecule has 2 aromatic heterocycles. The predicted octanol–water partition coefficient (Wildman–Crippen LogP) is 4.13. The number of rotatable bonds is 7. The third kappa shape index (κ3) is 3.92. The molecule has 0 aliphatic heterocycles. The van der Waals surface area contributed by atoms with Crippen LogP contribution in [0.25, 0.3) is 5.69 Å². The van der Waals surface area contributed by atoms with E-state index in [1.54, 1.807) is 17.7 Å². The second-order valence-electron chi connectivity index (χ2n) is 6.98. The first-order chi connectivity index (χ1) is 13.8. The summed E-state index contributed by atoms with van der Waals surface area (Å²) in [6, 6.07) is 11.4. The zero-order valence-electron chi connectivity index (χ0n) is 17.2. The van der Waals surface area contributed by atoms with E-state index in [0.29, 0.717) is 29.1 Å². The molecule has 0 aliphatic rings. The van der Waals surface area contributed by atoms with Crippen LogP contribution in [0.2, 0.25) is 0 Å². The molecule has 2 heterocycles. The number of nitrogens with zero attached hydrogens (tertiary/aromatic N) is 3. The quantitative estimate of drug-likeness (QED) is 0.345. The lowest BCUT2D eigenvalue weighted by molar-refractivity contribution is 0.0473. The number of allylic oxidation sites excluding steroid dienone is 1. The number of Topliss-reactive ketones (excluding diaryl/α,β-unsaturated/α-hetero) is 1. The molecule has 0 radical (unpaired) electrons. The second kappa shape index (κ2) is 8.31. The predicted molar refractivity (Wildman–Crippen MR) is 112 cm³/mol. The fourth-order valence-corrected chi connectivity index (χ4v) is 3.53. The van der Waals surface area contributed by atoms with E-state index in [2.05, 4.69) is 11.7 Å². The molecule has 0 bridgehead atoms. The zero-order chi connectivity index (χ0) is 21.1. The van der Waals surface area contributed by atoms with E-state index in [4.69, 9.17) is 4.74 Å². The summed E-state index contributed by atoms with van der Waals surface area (Å²) >= 11 is 0. The van der Waals surface area contributed by atoms with Crippen LogP contribution in [0.4, 0.5) is 0 Å². The molecule has 0 amide bonds. The highest BCUT2D eigenvalue weighted by molar-refractivity contribution is 6.00. The summed E-state index contributed by atoms with van der Waals surface area (Å²) in [5.41, 5.74) is 4.85. The van der Waals surface area contributed by atoms with Crippen LogP contribution in [0, 0.1) is 27.7 Å². The van der Waals surface area contributed by atoms with E-state index in [9.17, 15) is 9.59 Å². The van der Waals surface area contributed by atoms with Crippen LogP contribution in [-0.2, 0) is 11.3 Å². The van der Waals surface area contributed by atoms with Gasteiger partial charge in [0.2, 0.25) is 5.78 Å². The standard InChI is InChI=1S/C23H25N3O3/c1-6-12-25-15(2)13-20(17(25)4)21(27)14-29-23(28)22-16(3)24-26(18(22)5)19-10-8-7-9-11-19/h6-11,13H,1,12,14H2,2-5H3. The van der Waals surface area contributed by atoms with Gasteiger partial charge < -0.3 is 9.30 Å². The third-order valence-corrected chi connectivity index (χ3v) is 5.02. The number of hydrogen-bond donors (Lipinski definition) is 0. The molecule has 0 spiro atoms. The fraction of sp³-hybridized carbons (Fsp3) is 0.261. The highest BCUT2D eigenvalue weighted by Crippen LogP contribution is 2.20. The van der Waals surface area contributed by atoms with Crippen LogP contribution in [0.1, 0.15) is 43.5 Å². The number of aryl methyl sites for hydroxylation is 2. The van der Waals surface area contributed by atoms with Crippen LogP contribution < -0.4 is 0 Å². The Morgan fingerprint density at radius 3 is 2.45 bits per heavy atom. The average Bonchev–Trinajstić information content (AvgIpc) is 3.17. The van der Waals surface area contributed by atoms with Crippen molar-refractivity contribution < 1.29 is 14.3 Å². The lowest BCUT2D eigenvalue weighted by Gasteiger charge is -2.07. The van der Waals surface area contributed by atoms with Crippen molar-refractivity contribution in [2.45, 2.75) is 34.2 Å². The van der Waals surface area contributed by atoms with E-state index < -0.39 is 5.97 Å². The van der Waals surface area contributed by atoms with Crippen molar-refractivity contribution in [2.75, 3.05) is 6.61 Å². The van der Waals surface area contributed by atoms with Gasteiger partial charge >= 0.3 is 5.97 Å². The van der Waals surface area contributed by atoms with Crippen molar-refractivity contribution in [3.05, 3.63) is 83.0 Å². The van der Waals surface area contributed by atoms with Gasteiger partial charge in [-0.25, -0.2) is 9.48 Å². The van der Waals surface area contributed by atoms with Gasteiger partial charge in [-0.1, -0.05) is 24.3 Å². The Hall–Kier alpha value is -3.41. The summed E-state index contributed by atoms with van der Waals surface area (Å²) in [7, 11) is 0. The van der Waals surface area contributed by atoms with E-state index >= 15 is 0 Å². The largest absolute Gasteiger partial charge is 0.454 e. The molecular weight excluding hydrogens is 366 g/mol. The van der Waals surface area contributed by atoms with Crippen LogP contribution in [-0.4, -0.2) is 32.7 Å². The Morgan fingerprint density at radius 1 is 1.10 bits per heavy atom. The summed E-state index contributed by atoms with van der Waals surface area (Å²) in [6.45, 7) is 11.4. The topological polar surface area (TPSA) is 66.1 Å². The molecule has 0 atom stereocenters. The Morgan fingerprint density at radius 2 is 1.79 bits per heavy atom. The molecule has 6 nitrogen and oxygen atoms in total. The molecule has 0 N–H and O–H groups in total. The minimum absolute atomic E-state index is 0.229. The van der Waals surface area contributed by atoms with Gasteiger partial charge in [0.15, 0.2) is 6.61 Å².